The van der Waals surface area contributed by atoms with Gasteiger partial charge in [0.25, 0.3) is 5.91 Å². The third-order valence-corrected chi connectivity index (χ3v) is 4.57. The van der Waals surface area contributed by atoms with Gasteiger partial charge in [-0.1, -0.05) is 18.2 Å². The first-order valence-electron chi connectivity index (χ1n) is 8.11. The monoisotopic (exact) mass is 370 g/mol. The summed E-state index contributed by atoms with van der Waals surface area (Å²) >= 11 is 1.43. The number of furan rings is 1. The molecule has 1 N–H and O–H groups in total. The highest BCUT2D eigenvalue weighted by molar-refractivity contribution is 7.13. The van der Waals surface area contributed by atoms with Gasteiger partial charge in [0, 0.05) is 17.5 Å². The molecule has 3 rings (SSSR count). The normalized spacial score (nSPS) is 10.5. The Bertz CT molecular complexity index is 887. The molecule has 0 saturated carbocycles. The summed E-state index contributed by atoms with van der Waals surface area (Å²) in [7, 11) is 0. The lowest BCUT2D eigenvalue weighted by Crippen LogP contribution is -2.27. The van der Waals surface area contributed by atoms with Gasteiger partial charge in [0.05, 0.1) is 18.4 Å². The molecule has 6 nitrogen and oxygen atoms in total. The maximum absolute atomic E-state index is 12.1. The summed E-state index contributed by atoms with van der Waals surface area (Å²) in [5.41, 5.74) is 2.16. The number of ether oxygens (including phenoxy) is 1. The topological polar surface area (TPSA) is 81.4 Å². The SMILES string of the molecule is Cc1ccccc1C(=O)NCCC(=O)OCc1csc(-c2ccco2)n1. The van der Waals surface area contributed by atoms with Crippen molar-refractivity contribution >= 4 is 23.2 Å². The van der Waals surface area contributed by atoms with Crippen LogP contribution in [0.4, 0.5) is 0 Å². The van der Waals surface area contributed by atoms with Crippen LogP contribution in [0.25, 0.3) is 10.8 Å². The zero-order chi connectivity index (χ0) is 18.4. The molecule has 1 aromatic carbocycles. The number of thiazole rings is 1. The van der Waals surface area contributed by atoms with Gasteiger partial charge in [-0.15, -0.1) is 11.3 Å². The first-order valence-corrected chi connectivity index (χ1v) is 8.99. The molecule has 2 aromatic heterocycles. The summed E-state index contributed by atoms with van der Waals surface area (Å²) in [6.07, 6.45) is 1.69. The summed E-state index contributed by atoms with van der Waals surface area (Å²) in [6.45, 7) is 2.19. The van der Waals surface area contributed by atoms with Crippen LogP contribution in [0.1, 0.15) is 28.0 Å². The van der Waals surface area contributed by atoms with Gasteiger partial charge in [0.15, 0.2) is 10.8 Å². The third kappa shape index (κ3) is 4.58. The van der Waals surface area contributed by atoms with E-state index in [4.69, 9.17) is 9.15 Å². The van der Waals surface area contributed by atoms with E-state index in [9.17, 15) is 9.59 Å². The van der Waals surface area contributed by atoms with E-state index in [0.717, 1.165) is 10.6 Å². The lowest BCUT2D eigenvalue weighted by atomic mass is 10.1. The second kappa shape index (κ2) is 8.44. The van der Waals surface area contributed by atoms with Crippen molar-refractivity contribution < 1.29 is 18.7 Å². The van der Waals surface area contributed by atoms with E-state index in [-0.39, 0.29) is 31.4 Å². The minimum Gasteiger partial charge on any atom is -0.462 e. The Kier molecular flexibility index (Phi) is 5.80. The number of nitrogens with one attached hydrogen (secondary N) is 1. The van der Waals surface area contributed by atoms with E-state index in [1.807, 2.05) is 30.5 Å². The number of hydrogen-bond donors (Lipinski definition) is 1. The quantitative estimate of drug-likeness (QED) is 0.643. The van der Waals surface area contributed by atoms with Gasteiger partial charge in [0.1, 0.15) is 6.61 Å². The third-order valence-electron chi connectivity index (χ3n) is 3.67. The van der Waals surface area contributed by atoms with Crippen molar-refractivity contribution in [2.75, 3.05) is 6.54 Å². The second-order valence-corrected chi connectivity index (χ2v) is 6.46. The van der Waals surface area contributed by atoms with Crippen molar-refractivity contribution in [2.24, 2.45) is 0 Å². The first-order chi connectivity index (χ1) is 12.6. The van der Waals surface area contributed by atoms with Crippen molar-refractivity contribution in [3.63, 3.8) is 0 Å². The predicted octanol–water partition coefficient (Wildman–Crippen LogP) is 3.57. The van der Waals surface area contributed by atoms with Gasteiger partial charge >= 0.3 is 5.97 Å². The van der Waals surface area contributed by atoms with E-state index in [0.29, 0.717) is 17.0 Å². The number of aryl methyl sites for hydroxylation is 1. The van der Waals surface area contributed by atoms with Gasteiger partial charge in [0.2, 0.25) is 0 Å². The van der Waals surface area contributed by atoms with Crippen LogP contribution < -0.4 is 5.32 Å². The molecule has 0 bridgehead atoms. The van der Waals surface area contributed by atoms with Crippen LogP contribution in [0.15, 0.2) is 52.5 Å². The molecule has 0 fully saturated rings. The fourth-order valence-electron chi connectivity index (χ4n) is 2.31. The van der Waals surface area contributed by atoms with E-state index >= 15 is 0 Å². The van der Waals surface area contributed by atoms with Crippen molar-refractivity contribution in [3.8, 4) is 10.8 Å². The minimum atomic E-state index is -0.386. The average molecular weight is 370 g/mol. The maximum Gasteiger partial charge on any atom is 0.307 e. The molecule has 0 aliphatic heterocycles. The number of hydrogen-bond acceptors (Lipinski definition) is 6. The van der Waals surface area contributed by atoms with Crippen LogP contribution in [-0.2, 0) is 16.1 Å². The Balaban J connectivity index is 1.41. The molecule has 134 valence electrons. The zero-order valence-corrected chi connectivity index (χ0v) is 15.0. The summed E-state index contributed by atoms with van der Waals surface area (Å²) in [4.78, 5) is 28.2. The largest absolute Gasteiger partial charge is 0.462 e. The molecule has 1 amide bonds. The molecule has 7 heteroatoms. The molecule has 0 aliphatic rings. The number of benzene rings is 1. The van der Waals surface area contributed by atoms with E-state index in [2.05, 4.69) is 10.3 Å². The van der Waals surface area contributed by atoms with Gasteiger partial charge in [-0.25, -0.2) is 4.98 Å². The Morgan fingerprint density at radius 3 is 2.85 bits per heavy atom. The lowest BCUT2D eigenvalue weighted by Gasteiger charge is -2.07. The van der Waals surface area contributed by atoms with E-state index in [1.165, 1.54) is 11.3 Å². The van der Waals surface area contributed by atoms with Gasteiger partial charge in [-0.2, -0.15) is 0 Å². The van der Waals surface area contributed by atoms with Crippen molar-refractivity contribution in [1.82, 2.24) is 10.3 Å². The molecule has 0 atom stereocenters. The number of carbonyl (C=O) groups excluding carboxylic acids is 2. The summed E-state index contributed by atoms with van der Waals surface area (Å²) in [5.74, 6) is 0.104. The van der Waals surface area contributed by atoms with Crippen molar-refractivity contribution in [2.45, 2.75) is 20.0 Å². The summed E-state index contributed by atoms with van der Waals surface area (Å²) < 4.78 is 10.5. The van der Waals surface area contributed by atoms with Gasteiger partial charge in [-0.05, 0) is 30.7 Å². The minimum absolute atomic E-state index is 0.0990. The first kappa shape index (κ1) is 17.9. The molecule has 0 unspecified atom stereocenters. The standard InChI is InChI=1S/C19H18N2O4S/c1-13-5-2-3-6-15(13)18(23)20-9-8-17(22)25-11-14-12-26-19(21-14)16-7-4-10-24-16/h2-7,10,12H,8-9,11H2,1H3,(H,20,23). The number of amides is 1. The average Bonchev–Trinajstić information content (AvgIpc) is 3.31. The fraction of sp³-hybridized carbons (Fsp3) is 0.211. The Morgan fingerprint density at radius 1 is 1.23 bits per heavy atom. The lowest BCUT2D eigenvalue weighted by molar-refractivity contribution is -0.144. The van der Waals surface area contributed by atoms with Crippen LogP contribution in [0.2, 0.25) is 0 Å². The highest BCUT2D eigenvalue weighted by Gasteiger charge is 2.11. The number of aromatic nitrogens is 1. The van der Waals surface area contributed by atoms with Gasteiger partial charge in [-0.3, -0.25) is 9.59 Å². The van der Waals surface area contributed by atoms with Crippen LogP contribution in [0.5, 0.6) is 0 Å². The molecule has 3 aromatic rings. The summed E-state index contributed by atoms with van der Waals surface area (Å²) in [5, 5.41) is 5.29. The molecule has 0 saturated heterocycles. The van der Waals surface area contributed by atoms with Crippen LogP contribution in [0.3, 0.4) is 0 Å². The second-order valence-electron chi connectivity index (χ2n) is 5.60. The van der Waals surface area contributed by atoms with Crippen LogP contribution in [0, 0.1) is 6.92 Å². The maximum atomic E-state index is 12.1. The van der Waals surface area contributed by atoms with Crippen molar-refractivity contribution in [1.29, 1.82) is 0 Å². The van der Waals surface area contributed by atoms with E-state index < -0.39 is 0 Å². The molecule has 0 aliphatic carbocycles. The fourth-order valence-corrected chi connectivity index (χ4v) is 3.08. The molecule has 0 radical (unpaired) electrons. The smallest absolute Gasteiger partial charge is 0.307 e. The molecular weight excluding hydrogens is 352 g/mol. The molecule has 0 spiro atoms. The van der Waals surface area contributed by atoms with Crippen LogP contribution in [-0.4, -0.2) is 23.4 Å². The zero-order valence-electron chi connectivity index (χ0n) is 14.2. The molecular formula is C19H18N2O4S. The van der Waals surface area contributed by atoms with E-state index in [1.54, 1.807) is 24.5 Å². The predicted molar refractivity (Wildman–Crippen MR) is 97.7 cm³/mol. The van der Waals surface area contributed by atoms with Crippen molar-refractivity contribution in [3.05, 3.63) is 64.9 Å². The number of esters is 1. The Labute approximate surface area is 154 Å². The number of carbonyl (C=O) groups is 2. The molecule has 26 heavy (non-hydrogen) atoms. The highest BCUT2D eigenvalue weighted by atomic mass is 32.1. The Hall–Kier alpha value is -2.93. The summed E-state index contributed by atoms with van der Waals surface area (Å²) in [6, 6.07) is 10.9. The Morgan fingerprint density at radius 2 is 2.08 bits per heavy atom. The highest BCUT2D eigenvalue weighted by Crippen LogP contribution is 2.24. The molecule has 2 heterocycles. The van der Waals surface area contributed by atoms with Gasteiger partial charge < -0.3 is 14.5 Å². The van der Waals surface area contributed by atoms with Crippen LogP contribution >= 0.6 is 11.3 Å². The number of nitrogens with zero attached hydrogens (tertiary/aromatic N) is 1. The number of rotatable bonds is 7.